The van der Waals surface area contributed by atoms with Crippen molar-refractivity contribution in [3.8, 4) is 0 Å². The third kappa shape index (κ3) is 4.90. The summed E-state index contributed by atoms with van der Waals surface area (Å²) in [5.41, 5.74) is -0.134. The Balaban J connectivity index is 1.46. The van der Waals surface area contributed by atoms with Gasteiger partial charge in [-0.25, -0.2) is 0 Å². The van der Waals surface area contributed by atoms with Crippen LogP contribution < -0.4 is 10.6 Å². The zero-order valence-electron chi connectivity index (χ0n) is 22.3. The van der Waals surface area contributed by atoms with Crippen molar-refractivity contribution in [3.05, 3.63) is 35.9 Å². The number of aliphatic hydroxyl groups excluding tert-OH is 1. The van der Waals surface area contributed by atoms with E-state index in [0.717, 1.165) is 31.2 Å². The molecule has 3 amide bonds. The fourth-order valence-corrected chi connectivity index (χ4v) is 8.25. The minimum absolute atomic E-state index is 0.0738. The van der Waals surface area contributed by atoms with Crippen LogP contribution in [0.2, 0.25) is 0 Å². The van der Waals surface area contributed by atoms with E-state index in [-0.39, 0.29) is 41.1 Å². The summed E-state index contributed by atoms with van der Waals surface area (Å²) in [5, 5.41) is 16.6. The lowest BCUT2D eigenvalue weighted by Crippen LogP contribution is -2.59. The maximum atomic E-state index is 14.2. The third-order valence-electron chi connectivity index (χ3n) is 8.89. The Morgan fingerprint density at radius 1 is 1.16 bits per heavy atom. The van der Waals surface area contributed by atoms with Crippen molar-refractivity contribution in [2.45, 2.75) is 100.0 Å². The molecule has 5 rings (SSSR count). The molecule has 0 aromatic heterocycles. The molecule has 38 heavy (non-hydrogen) atoms. The molecule has 3 unspecified atom stereocenters. The first-order valence-corrected chi connectivity index (χ1v) is 15.0. The number of ether oxygens (including phenoxy) is 1. The Morgan fingerprint density at radius 2 is 1.87 bits per heavy atom. The Hall–Kier alpha value is -1.97. The SMILES string of the molecule is CC(C)C[C@H](CO)N1C(=O)[C@@H]2[C@@H](C(=O)NCc3ccccc3)[C@@H]3OC2(CC3Br)C1C(=O)NC1CCCCC1. The van der Waals surface area contributed by atoms with Crippen LogP contribution >= 0.6 is 15.9 Å². The topological polar surface area (TPSA) is 108 Å². The lowest BCUT2D eigenvalue weighted by atomic mass is 9.70. The summed E-state index contributed by atoms with van der Waals surface area (Å²) in [6.45, 7) is 4.18. The molecule has 1 spiro atoms. The zero-order valence-corrected chi connectivity index (χ0v) is 23.9. The largest absolute Gasteiger partial charge is 0.394 e. The van der Waals surface area contributed by atoms with Crippen molar-refractivity contribution in [2.75, 3.05) is 6.61 Å². The third-order valence-corrected chi connectivity index (χ3v) is 9.73. The lowest BCUT2D eigenvalue weighted by Gasteiger charge is -2.38. The predicted octanol–water partition coefficient (Wildman–Crippen LogP) is 2.91. The van der Waals surface area contributed by atoms with Gasteiger partial charge in [0.15, 0.2) is 0 Å². The van der Waals surface area contributed by atoms with Gasteiger partial charge in [-0.3, -0.25) is 14.4 Å². The van der Waals surface area contributed by atoms with Crippen molar-refractivity contribution in [1.29, 1.82) is 0 Å². The van der Waals surface area contributed by atoms with Crippen LogP contribution in [-0.4, -0.2) is 69.0 Å². The lowest BCUT2D eigenvalue weighted by molar-refractivity contribution is -0.146. The molecular weight excluding hydrogens is 550 g/mol. The summed E-state index contributed by atoms with van der Waals surface area (Å²) < 4.78 is 6.59. The van der Waals surface area contributed by atoms with Crippen LogP contribution in [0.25, 0.3) is 0 Å². The summed E-state index contributed by atoms with van der Waals surface area (Å²) in [6, 6.07) is 8.32. The molecule has 208 valence electrons. The average molecular weight is 591 g/mol. The molecule has 3 N–H and O–H groups in total. The molecule has 0 radical (unpaired) electrons. The van der Waals surface area contributed by atoms with Crippen LogP contribution in [0.4, 0.5) is 0 Å². The number of nitrogens with zero attached hydrogens (tertiary/aromatic N) is 1. The van der Waals surface area contributed by atoms with E-state index in [1.165, 1.54) is 6.42 Å². The molecule has 4 aliphatic rings. The second kappa shape index (κ2) is 11.3. The van der Waals surface area contributed by atoms with E-state index in [1.807, 2.05) is 44.2 Å². The van der Waals surface area contributed by atoms with Crippen molar-refractivity contribution < 1.29 is 24.2 Å². The molecule has 1 aliphatic carbocycles. The van der Waals surface area contributed by atoms with Crippen LogP contribution in [0, 0.1) is 17.8 Å². The van der Waals surface area contributed by atoms with Gasteiger partial charge in [0, 0.05) is 17.4 Å². The highest BCUT2D eigenvalue weighted by Gasteiger charge is 2.77. The number of hydrogen-bond acceptors (Lipinski definition) is 5. The van der Waals surface area contributed by atoms with E-state index >= 15 is 0 Å². The zero-order chi connectivity index (χ0) is 27.0. The van der Waals surface area contributed by atoms with Gasteiger partial charge >= 0.3 is 0 Å². The number of amides is 3. The second-order valence-corrected chi connectivity index (χ2v) is 13.1. The Morgan fingerprint density at radius 3 is 2.53 bits per heavy atom. The van der Waals surface area contributed by atoms with Crippen molar-refractivity contribution in [1.82, 2.24) is 15.5 Å². The molecule has 4 fully saturated rings. The van der Waals surface area contributed by atoms with Gasteiger partial charge in [0.25, 0.3) is 0 Å². The number of rotatable bonds is 9. The van der Waals surface area contributed by atoms with E-state index in [1.54, 1.807) is 4.90 Å². The van der Waals surface area contributed by atoms with Crippen LogP contribution in [0.3, 0.4) is 0 Å². The minimum Gasteiger partial charge on any atom is -0.394 e. The predicted molar refractivity (Wildman–Crippen MR) is 146 cm³/mol. The van der Waals surface area contributed by atoms with Gasteiger partial charge in [-0.2, -0.15) is 0 Å². The molecule has 7 atom stereocenters. The summed E-state index contributed by atoms with van der Waals surface area (Å²) in [5.74, 6) is -1.97. The van der Waals surface area contributed by atoms with Crippen LogP contribution in [0.5, 0.6) is 0 Å². The minimum atomic E-state index is -1.10. The number of halogens is 1. The number of carbonyl (C=O) groups excluding carboxylic acids is 3. The Labute approximate surface area is 233 Å². The first kappa shape index (κ1) is 27.6. The van der Waals surface area contributed by atoms with Gasteiger partial charge < -0.3 is 25.4 Å². The fourth-order valence-electron chi connectivity index (χ4n) is 7.31. The molecule has 3 heterocycles. The van der Waals surface area contributed by atoms with E-state index in [0.29, 0.717) is 19.4 Å². The highest BCUT2D eigenvalue weighted by molar-refractivity contribution is 9.09. The van der Waals surface area contributed by atoms with Crippen molar-refractivity contribution >= 4 is 33.7 Å². The molecule has 3 aliphatic heterocycles. The molecule has 1 aromatic carbocycles. The van der Waals surface area contributed by atoms with Crippen molar-refractivity contribution in [2.24, 2.45) is 17.8 Å². The normalized spacial score (nSPS) is 33.4. The first-order valence-electron chi connectivity index (χ1n) is 14.1. The molecule has 2 bridgehead atoms. The Kier molecular flexibility index (Phi) is 8.17. The summed E-state index contributed by atoms with van der Waals surface area (Å²) in [4.78, 5) is 43.3. The monoisotopic (exact) mass is 589 g/mol. The number of alkyl halides is 1. The quantitative estimate of drug-likeness (QED) is 0.384. The van der Waals surface area contributed by atoms with Crippen molar-refractivity contribution in [3.63, 3.8) is 0 Å². The average Bonchev–Trinajstić information content (AvgIpc) is 3.50. The molecular formula is C29H40BrN3O5. The van der Waals surface area contributed by atoms with Gasteiger partial charge in [0.05, 0.1) is 30.6 Å². The van der Waals surface area contributed by atoms with E-state index < -0.39 is 35.6 Å². The number of carbonyl (C=O) groups is 3. The van der Waals surface area contributed by atoms with Crippen LogP contribution in [-0.2, 0) is 25.7 Å². The van der Waals surface area contributed by atoms with E-state index in [2.05, 4.69) is 26.6 Å². The number of fused-ring (bicyclic) bond motifs is 1. The maximum absolute atomic E-state index is 14.2. The van der Waals surface area contributed by atoms with Crippen LogP contribution in [0.15, 0.2) is 30.3 Å². The number of benzene rings is 1. The molecule has 1 aromatic rings. The number of likely N-dealkylation sites (tertiary alicyclic amines) is 1. The highest BCUT2D eigenvalue weighted by Crippen LogP contribution is 2.60. The number of nitrogens with one attached hydrogen (secondary N) is 2. The van der Waals surface area contributed by atoms with E-state index in [9.17, 15) is 19.5 Å². The molecule has 9 heteroatoms. The summed E-state index contributed by atoms with van der Waals surface area (Å²) >= 11 is 3.72. The number of hydrogen-bond donors (Lipinski definition) is 3. The van der Waals surface area contributed by atoms with Gasteiger partial charge in [-0.1, -0.05) is 79.4 Å². The maximum Gasteiger partial charge on any atom is 0.246 e. The summed E-state index contributed by atoms with van der Waals surface area (Å²) in [7, 11) is 0. The van der Waals surface area contributed by atoms with Gasteiger partial charge in [-0.05, 0) is 37.2 Å². The molecule has 3 saturated heterocycles. The molecule has 8 nitrogen and oxygen atoms in total. The smallest absolute Gasteiger partial charge is 0.246 e. The summed E-state index contributed by atoms with van der Waals surface area (Å²) in [6.07, 6.45) is 5.70. The van der Waals surface area contributed by atoms with Gasteiger partial charge in [0.1, 0.15) is 11.6 Å². The van der Waals surface area contributed by atoms with Gasteiger partial charge in [-0.15, -0.1) is 0 Å². The standard InChI is InChI=1S/C29H40BrN3O5/c1-17(2)13-20(16-34)33-25(27(36)32-19-11-7-4-8-12-19)29-14-21(30)24(38-29)22(23(29)28(33)37)26(35)31-15-18-9-5-3-6-10-18/h3,5-6,9-10,17,19-25,34H,4,7-8,11-16H2,1-2H3,(H,31,35)(H,32,36)/t20-,21?,22-,23+,24-,25?,29?/m1/s1. The first-order chi connectivity index (χ1) is 18.3. The fraction of sp³-hybridized carbons (Fsp3) is 0.690. The molecule has 1 saturated carbocycles. The van der Waals surface area contributed by atoms with E-state index in [4.69, 9.17) is 4.74 Å². The Bertz CT molecular complexity index is 1030. The van der Waals surface area contributed by atoms with Gasteiger partial charge in [0.2, 0.25) is 17.7 Å². The second-order valence-electron chi connectivity index (χ2n) is 11.9. The number of aliphatic hydroxyl groups is 1. The highest BCUT2D eigenvalue weighted by atomic mass is 79.9. The van der Waals surface area contributed by atoms with Crippen LogP contribution in [0.1, 0.15) is 64.4 Å².